The lowest BCUT2D eigenvalue weighted by molar-refractivity contribution is -0.873. The third-order valence-corrected chi connectivity index (χ3v) is 2.15. The molecule has 0 fully saturated rings. The molecule has 0 spiro atoms. The molecule has 1 N–H and O–H groups in total. The maximum atomic E-state index is 10.1. The molecule has 0 aromatic heterocycles. The van der Waals surface area contributed by atoms with Crippen molar-refractivity contribution < 1.29 is 45.0 Å². The van der Waals surface area contributed by atoms with E-state index in [0.29, 0.717) is 23.5 Å². The molecule has 0 aliphatic rings. The van der Waals surface area contributed by atoms with Gasteiger partial charge in [0, 0.05) is 12.4 Å². The van der Waals surface area contributed by atoms with Crippen LogP contribution in [0.25, 0.3) is 0 Å². The van der Waals surface area contributed by atoms with E-state index in [4.69, 9.17) is 5.11 Å². The number of aliphatic hydroxyl groups is 1. The molecule has 0 heterocycles. The number of carbonyl (C=O) groups excluding carboxylic acids is 1. The number of carboxylic acid groups (broad SMARTS) is 1. The van der Waals surface area contributed by atoms with E-state index in [-0.39, 0.29) is 6.42 Å². The van der Waals surface area contributed by atoms with Gasteiger partial charge in [-0.15, -0.1) is 0 Å². The van der Waals surface area contributed by atoms with E-state index >= 15 is 0 Å². The first-order valence-electron chi connectivity index (χ1n) is 5.48. The van der Waals surface area contributed by atoms with Gasteiger partial charge in [-0.2, -0.15) is 16.8 Å². The first-order valence-corrected chi connectivity index (χ1v) is 9.11. The molecule has 12 heteroatoms. The van der Waals surface area contributed by atoms with Gasteiger partial charge in [0.15, 0.2) is 0 Å². The lowest BCUT2D eigenvalue weighted by Crippen LogP contribution is -2.43. The number of quaternary nitrogens is 1. The van der Waals surface area contributed by atoms with Crippen molar-refractivity contribution in [1.82, 2.24) is 0 Å². The van der Waals surface area contributed by atoms with Crippen LogP contribution in [0.5, 0.6) is 0 Å². The number of hydrogen-bond acceptors (Lipinski definition) is 9. The Hall–Kier alpha value is -0.790. The first kappa shape index (κ1) is 22.5. The Kier molecular flexibility index (Phi) is 9.21. The number of aliphatic hydroxyl groups excluding tert-OH is 1. The summed E-state index contributed by atoms with van der Waals surface area (Å²) >= 11 is 0. The van der Waals surface area contributed by atoms with E-state index in [1.54, 1.807) is 0 Å². The van der Waals surface area contributed by atoms with Crippen LogP contribution in [-0.4, -0.2) is 78.7 Å². The molecule has 0 aliphatic heterocycles. The second kappa shape index (κ2) is 8.60. The molecule has 0 radical (unpaired) electrons. The van der Waals surface area contributed by atoms with Crippen molar-refractivity contribution in [3.8, 4) is 0 Å². The SMILES string of the molecule is CS(=O)(=O)OOS(C)(=O)=O.C[N+](C)(C)CC(O)CC(=O)[O-]. The van der Waals surface area contributed by atoms with E-state index in [1.165, 1.54) is 0 Å². The van der Waals surface area contributed by atoms with Gasteiger partial charge >= 0.3 is 0 Å². The average molecular weight is 351 g/mol. The highest BCUT2D eigenvalue weighted by Gasteiger charge is 2.14. The molecule has 1 unspecified atom stereocenters. The number of rotatable bonds is 7. The molecule has 128 valence electrons. The van der Waals surface area contributed by atoms with E-state index in [9.17, 15) is 26.7 Å². The Morgan fingerprint density at radius 1 is 1.10 bits per heavy atom. The van der Waals surface area contributed by atoms with Crippen LogP contribution in [0.1, 0.15) is 6.42 Å². The summed E-state index contributed by atoms with van der Waals surface area (Å²) in [7, 11) is -2.06. The van der Waals surface area contributed by atoms with Gasteiger partial charge in [0.05, 0.1) is 33.7 Å². The fourth-order valence-corrected chi connectivity index (χ4v) is 1.80. The minimum Gasteiger partial charge on any atom is -0.550 e. The predicted octanol–water partition coefficient (Wildman–Crippen LogP) is -2.95. The summed E-state index contributed by atoms with van der Waals surface area (Å²) in [5.41, 5.74) is 0. The monoisotopic (exact) mass is 351 g/mol. The van der Waals surface area contributed by atoms with Gasteiger partial charge in [-0.25, -0.2) is 0 Å². The molecule has 0 bridgehead atoms. The highest BCUT2D eigenvalue weighted by molar-refractivity contribution is 7.88. The summed E-state index contributed by atoms with van der Waals surface area (Å²) in [6.07, 6.45) is 0.242. The topological polar surface area (TPSA) is 147 Å². The molecular weight excluding hydrogens is 330 g/mol. The van der Waals surface area contributed by atoms with Gasteiger partial charge in [0.2, 0.25) is 0 Å². The molecule has 0 saturated heterocycles. The Morgan fingerprint density at radius 2 is 1.43 bits per heavy atom. The zero-order valence-electron chi connectivity index (χ0n) is 12.5. The summed E-state index contributed by atoms with van der Waals surface area (Å²) in [6.45, 7) is 0.425. The summed E-state index contributed by atoms with van der Waals surface area (Å²) in [5.74, 6) is -1.20. The summed E-state index contributed by atoms with van der Waals surface area (Å²) in [6, 6.07) is 0. The van der Waals surface area contributed by atoms with Crippen molar-refractivity contribution in [3.63, 3.8) is 0 Å². The minimum absolute atomic E-state index is 0.282. The van der Waals surface area contributed by atoms with Crippen molar-refractivity contribution in [1.29, 1.82) is 0 Å². The maximum absolute atomic E-state index is 10.1. The van der Waals surface area contributed by atoms with Crippen molar-refractivity contribution in [2.45, 2.75) is 12.5 Å². The number of carbonyl (C=O) groups is 1. The fourth-order valence-electron chi connectivity index (χ4n) is 0.990. The zero-order valence-corrected chi connectivity index (χ0v) is 14.1. The third-order valence-electron chi connectivity index (χ3n) is 1.44. The van der Waals surface area contributed by atoms with Crippen molar-refractivity contribution in [2.24, 2.45) is 0 Å². The Morgan fingerprint density at radius 3 is 1.62 bits per heavy atom. The Bertz CT molecular complexity index is 486. The Labute approximate surface area is 124 Å². The predicted molar refractivity (Wildman–Crippen MR) is 70.4 cm³/mol. The van der Waals surface area contributed by atoms with Gasteiger partial charge in [-0.05, 0) is 0 Å². The van der Waals surface area contributed by atoms with Gasteiger partial charge in [-0.3, -0.25) is 0 Å². The quantitative estimate of drug-likeness (QED) is 0.289. The molecule has 0 rings (SSSR count). The third kappa shape index (κ3) is 24.6. The molecule has 10 nitrogen and oxygen atoms in total. The van der Waals surface area contributed by atoms with E-state index < -0.39 is 32.3 Å². The second-order valence-electron chi connectivity index (χ2n) is 5.25. The summed E-state index contributed by atoms with van der Waals surface area (Å²) in [5, 5.41) is 19.1. The van der Waals surface area contributed by atoms with Crippen LogP contribution in [0.2, 0.25) is 0 Å². The minimum atomic E-state index is -3.86. The highest BCUT2D eigenvalue weighted by Crippen LogP contribution is 1.97. The molecular formula is C9H21NO9S2. The smallest absolute Gasteiger partial charge is 0.291 e. The van der Waals surface area contributed by atoms with Crippen LogP contribution < -0.4 is 5.11 Å². The number of likely N-dealkylation sites (N-methyl/N-ethyl adjacent to an activating group) is 1. The second-order valence-corrected chi connectivity index (χ2v) is 8.34. The van der Waals surface area contributed by atoms with Gasteiger partial charge in [0.25, 0.3) is 20.2 Å². The van der Waals surface area contributed by atoms with Crippen molar-refractivity contribution >= 4 is 26.2 Å². The maximum Gasteiger partial charge on any atom is 0.291 e. The molecule has 0 amide bonds. The number of nitrogens with zero attached hydrogens (tertiary/aromatic N) is 1. The van der Waals surface area contributed by atoms with Gasteiger partial charge < -0.3 is 19.5 Å². The summed E-state index contributed by atoms with van der Waals surface area (Å²) < 4.78 is 47.8. The van der Waals surface area contributed by atoms with Crippen LogP contribution >= 0.6 is 0 Å². The number of hydrogen-bond donors (Lipinski definition) is 1. The van der Waals surface area contributed by atoms with E-state index in [1.807, 2.05) is 21.1 Å². The van der Waals surface area contributed by atoms with Gasteiger partial charge in [0.1, 0.15) is 12.6 Å². The summed E-state index contributed by atoms with van der Waals surface area (Å²) in [4.78, 5) is 10.0. The van der Waals surface area contributed by atoms with Crippen LogP contribution in [0.15, 0.2) is 0 Å². The first-order chi connectivity index (χ1) is 9.02. The van der Waals surface area contributed by atoms with Crippen LogP contribution in [0.4, 0.5) is 0 Å². The molecule has 0 aromatic rings. The lowest BCUT2D eigenvalue weighted by atomic mass is 10.2. The van der Waals surface area contributed by atoms with Gasteiger partial charge in [-0.1, -0.05) is 8.67 Å². The van der Waals surface area contributed by atoms with E-state index in [2.05, 4.69) is 8.67 Å². The van der Waals surface area contributed by atoms with Crippen LogP contribution in [-0.2, 0) is 33.7 Å². The zero-order chi connectivity index (χ0) is 17.5. The average Bonchev–Trinajstić information content (AvgIpc) is 2.08. The lowest BCUT2D eigenvalue weighted by Gasteiger charge is -2.26. The van der Waals surface area contributed by atoms with Crippen LogP contribution in [0.3, 0.4) is 0 Å². The number of carboxylic acids is 1. The highest BCUT2D eigenvalue weighted by atomic mass is 32.2. The van der Waals surface area contributed by atoms with Crippen molar-refractivity contribution in [3.05, 3.63) is 0 Å². The van der Waals surface area contributed by atoms with Crippen LogP contribution in [0, 0.1) is 0 Å². The number of aliphatic carboxylic acids is 1. The molecule has 21 heavy (non-hydrogen) atoms. The standard InChI is InChI=1S/C7H15NO3.C2H6O6S2/c1-8(2,3)5-6(9)4-7(10)11;1-9(3,4)7-8-10(2,5)6/h6,9H,4-5H2,1-3H3;1-2H3. The molecule has 0 saturated carbocycles. The normalized spacial score (nSPS) is 14.0. The molecule has 0 aliphatic carbocycles. The molecule has 1 atom stereocenters. The Balaban J connectivity index is 0. The van der Waals surface area contributed by atoms with E-state index in [0.717, 1.165) is 0 Å². The largest absolute Gasteiger partial charge is 0.550 e. The molecule has 0 aromatic carbocycles. The van der Waals surface area contributed by atoms with Crippen molar-refractivity contribution in [2.75, 3.05) is 40.2 Å². The fraction of sp³-hybridized carbons (Fsp3) is 0.889.